The Bertz CT molecular complexity index is 305. The molecule has 1 heterocycles. The number of nitrogens with one attached hydrogen (secondary N) is 2. The lowest BCUT2D eigenvalue weighted by atomic mass is 10.0. The molecule has 3 aliphatic rings. The van der Waals surface area contributed by atoms with E-state index in [4.69, 9.17) is 4.74 Å². The van der Waals surface area contributed by atoms with Gasteiger partial charge in [-0.25, -0.2) is 0 Å². The Balaban J connectivity index is 1.21. The van der Waals surface area contributed by atoms with Gasteiger partial charge in [0.25, 0.3) is 0 Å². The van der Waals surface area contributed by atoms with Crippen LogP contribution in [0.15, 0.2) is 0 Å². The number of amides is 1. The van der Waals surface area contributed by atoms with Crippen molar-refractivity contribution in [2.45, 2.75) is 44.6 Å². The van der Waals surface area contributed by atoms with E-state index in [1.165, 1.54) is 6.42 Å². The molecular formula is C15H26N2O2. The van der Waals surface area contributed by atoms with Crippen LogP contribution in [-0.2, 0) is 9.53 Å². The minimum atomic E-state index is 0.286. The maximum Gasteiger partial charge on any atom is 0.223 e. The third-order valence-corrected chi connectivity index (χ3v) is 4.87. The number of hydrogen-bond donors (Lipinski definition) is 2. The second kappa shape index (κ2) is 6.23. The molecule has 1 amide bonds. The number of fused-ring (bicyclic) bond motifs is 1. The molecule has 4 heteroatoms. The molecule has 1 aliphatic heterocycles. The lowest BCUT2D eigenvalue weighted by Crippen LogP contribution is -2.34. The quantitative estimate of drug-likeness (QED) is 0.713. The van der Waals surface area contributed by atoms with Crippen molar-refractivity contribution in [3.63, 3.8) is 0 Å². The van der Waals surface area contributed by atoms with Crippen LogP contribution in [0.4, 0.5) is 0 Å². The van der Waals surface area contributed by atoms with Gasteiger partial charge in [-0.3, -0.25) is 4.79 Å². The predicted octanol–water partition coefficient (Wildman–Crippen LogP) is 1.31. The summed E-state index contributed by atoms with van der Waals surface area (Å²) in [6, 6.07) is 0. The highest BCUT2D eigenvalue weighted by atomic mass is 16.5. The van der Waals surface area contributed by atoms with E-state index >= 15 is 0 Å². The van der Waals surface area contributed by atoms with Gasteiger partial charge < -0.3 is 15.4 Å². The first-order valence-corrected chi connectivity index (χ1v) is 7.93. The standard InChI is InChI=1S/C15H26N2O2/c18-15(13-9-11-8-12(11)10-13)17-4-1-7-19-14-2-5-16-6-3-14/h11-14,16H,1-10H2,(H,17,18). The van der Waals surface area contributed by atoms with Crippen LogP contribution in [0.25, 0.3) is 0 Å². The molecule has 0 aromatic carbocycles. The van der Waals surface area contributed by atoms with E-state index in [0.717, 1.165) is 70.2 Å². The highest BCUT2D eigenvalue weighted by Crippen LogP contribution is 2.54. The van der Waals surface area contributed by atoms with Crippen LogP contribution in [0, 0.1) is 17.8 Å². The van der Waals surface area contributed by atoms with Crippen molar-refractivity contribution in [2.75, 3.05) is 26.2 Å². The SMILES string of the molecule is O=C(NCCCOC1CCNCC1)C1CC2CC2C1. The molecule has 108 valence electrons. The van der Waals surface area contributed by atoms with E-state index < -0.39 is 0 Å². The second-order valence-corrected chi connectivity index (χ2v) is 6.39. The van der Waals surface area contributed by atoms with Crippen molar-refractivity contribution >= 4 is 5.91 Å². The molecular weight excluding hydrogens is 240 g/mol. The summed E-state index contributed by atoms with van der Waals surface area (Å²) in [6.45, 7) is 3.70. The summed E-state index contributed by atoms with van der Waals surface area (Å²) in [7, 11) is 0. The van der Waals surface area contributed by atoms with Gasteiger partial charge >= 0.3 is 0 Å². The minimum Gasteiger partial charge on any atom is -0.378 e. The minimum absolute atomic E-state index is 0.286. The van der Waals surface area contributed by atoms with Crippen LogP contribution in [-0.4, -0.2) is 38.3 Å². The van der Waals surface area contributed by atoms with E-state index in [1.807, 2.05) is 0 Å². The Labute approximate surface area is 115 Å². The molecule has 3 fully saturated rings. The van der Waals surface area contributed by atoms with Gasteiger partial charge in [-0.1, -0.05) is 0 Å². The van der Waals surface area contributed by atoms with Crippen LogP contribution in [0.3, 0.4) is 0 Å². The van der Waals surface area contributed by atoms with Gasteiger partial charge in [0.2, 0.25) is 5.91 Å². The fraction of sp³-hybridized carbons (Fsp3) is 0.933. The Morgan fingerprint density at radius 3 is 2.63 bits per heavy atom. The Morgan fingerprint density at radius 2 is 1.89 bits per heavy atom. The van der Waals surface area contributed by atoms with Gasteiger partial charge in [-0.2, -0.15) is 0 Å². The topological polar surface area (TPSA) is 50.4 Å². The summed E-state index contributed by atoms with van der Waals surface area (Å²) in [5.41, 5.74) is 0. The number of carbonyl (C=O) groups excluding carboxylic acids is 1. The summed E-state index contributed by atoms with van der Waals surface area (Å²) in [4.78, 5) is 11.9. The smallest absolute Gasteiger partial charge is 0.223 e. The normalized spacial score (nSPS) is 34.0. The largest absolute Gasteiger partial charge is 0.378 e. The molecule has 4 nitrogen and oxygen atoms in total. The van der Waals surface area contributed by atoms with Crippen molar-refractivity contribution in [3.8, 4) is 0 Å². The predicted molar refractivity (Wildman–Crippen MR) is 73.8 cm³/mol. The van der Waals surface area contributed by atoms with Gasteiger partial charge in [-0.05, 0) is 63.5 Å². The number of piperidine rings is 1. The second-order valence-electron chi connectivity index (χ2n) is 6.39. The van der Waals surface area contributed by atoms with E-state index in [2.05, 4.69) is 10.6 Å². The maximum atomic E-state index is 11.9. The zero-order chi connectivity index (χ0) is 13.1. The Hall–Kier alpha value is -0.610. The molecule has 19 heavy (non-hydrogen) atoms. The summed E-state index contributed by atoms with van der Waals surface area (Å²) in [5.74, 6) is 2.38. The highest BCUT2D eigenvalue weighted by molar-refractivity contribution is 5.79. The molecule has 0 bridgehead atoms. The van der Waals surface area contributed by atoms with Crippen molar-refractivity contribution in [1.29, 1.82) is 0 Å². The first-order chi connectivity index (χ1) is 9.33. The van der Waals surface area contributed by atoms with Crippen molar-refractivity contribution in [3.05, 3.63) is 0 Å². The zero-order valence-corrected chi connectivity index (χ0v) is 11.7. The summed E-state index contributed by atoms with van der Waals surface area (Å²) >= 11 is 0. The van der Waals surface area contributed by atoms with Gasteiger partial charge in [0.15, 0.2) is 0 Å². The van der Waals surface area contributed by atoms with Gasteiger partial charge in [0.1, 0.15) is 0 Å². The molecule has 2 N–H and O–H groups in total. The van der Waals surface area contributed by atoms with Gasteiger partial charge in [-0.15, -0.1) is 0 Å². The third-order valence-electron chi connectivity index (χ3n) is 4.87. The Kier molecular flexibility index (Phi) is 4.38. The molecule has 0 aromatic rings. The first kappa shape index (κ1) is 13.4. The average molecular weight is 266 g/mol. The highest BCUT2D eigenvalue weighted by Gasteiger charge is 2.47. The fourth-order valence-electron chi connectivity index (χ4n) is 3.57. The summed E-state index contributed by atoms with van der Waals surface area (Å²) in [5, 5.41) is 6.40. The molecule has 2 atom stereocenters. The van der Waals surface area contributed by atoms with Crippen molar-refractivity contribution in [2.24, 2.45) is 17.8 Å². The average Bonchev–Trinajstić information content (AvgIpc) is 3.06. The number of hydrogen-bond acceptors (Lipinski definition) is 3. The van der Waals surface area contributed by atoms with Crippen LogP contribution in [0.2, 0.25) is 0 Å². The zero-order valence-electron chi connectivity index (χ0n) is 11.7. The first-order valence-electron chi connectivity index (χ1n) is 7.93. The van der Waals surface area contributed by atoms with Crippen molar-refractivity contribution < 1.29 is 9.53 Å². The fourth-order valence-corrected chi connectivity index (χ4v) is 3.57. The summed E-state index contributed by atoms with van der Waals surface area (Å²) in [6.07, 6.45) is 7.28. The van der Waals surface area contributed by atoms with Crippen LogP contribution in [0.1, 0.15) is 38.5 Å². The molecule has 0 spiro atoms. The van der Waals surface area contributed by atoms with E-state index in [-0.39, 0.29) is 5.91 Å². The molecule has 2 aliphatic carbocycles. The lowest BCUT2D eigenvalue weighted by Gasteiger charge is -2.23. The van der Waals surface area contributed by atoms with Gasteiger partial charge in [0, 0.05) is 19.1 Å². The molecule has 0 radical (unpaired) electrons. The van der Waals surface area contributed by atoms with Crippen LogP contribution >= 0.6 is 0 Å². The van der Waals surface area contributed by atoms with Gasteiger partial charge in [0.05, 0.1) is 6.10 Å². The molecule has 0 aromatic heterocycles. The molecule has 1 saturated heterocycles. The monoisotopic (exact) mass is 266 g/mol. The van der Waals surface area contributed by atoms with E-state index in [0.29, 0.717) is 12.0 Å². The molecule has 2 saturated carbocycles. The molecule has 2 unspecified atom stereocenters. The van der Waals surface area contributed by atoms with E-state index in [1.54, 1.807) is 0 Å². The Morgan fingerprint density at radius 1 is 1.16 bits per heavy atom. The maximum absolute atomic E-state index is 11.9. The number of rotatable bonds is 6. The number of carbonyl (C=O) groups is 1. The van der Waals surface area contributed by atoms with Crippen LogP contribution < -0.4 is 10.6 Å². The van der Waals surface area contributed by atoms with Crippen molar-refractivity contribution in [1.82, 2.24) is 10.6 Å². The summed E-state index contributed by atoms with van der Waals surface area (Å²) < 4.78 is 5.82. The van der Waals surface area contributed by atoms with Crippen LogP contribution in [0.5, 0.6) is 0 Å². The number of ether oxygens (including phenoxy) is 1. The third kappa shape index (κ3) is 3.69. The molecule has 3 rings (SSSR count). The van der Waals surface area contributed by atoms with E-state index in [9.17, 15) is 4.79 Å². The lowest BCUT2D eigenvalue weighted by molar-refractivity contribution is -0.125.